The molecule has 0 unspecified atom stereocenters. The molecule has 1 N–H and O–H groups in total. The van der Waals surface area contributed by atoms with Crippen LogP contribution in [0.1, 0.15) is 35.2 Å². The summed E-state index contributed by atoms with van der Waals surface area (Å²) < 4.78 is 6.73. The van der Waals surface area contributed by atoms with Crippen LogP contribution in [0.25, 0.3) is 6.08 Å². The van der Waals surface area contributed by atoms with Crippen LogP contribution in [0.5, 0.6) is 5.75 Å². The molecule has 0 bridgehead atoms. The molecule has 34 heavy (non-hydrogen) atoms. The smallest absolute Gasteiger partial charge is 0.285 e. The monoisotopic (exact) mass is 559 g/mol. The van der Waals surface area contributed by atoms with E-state index in [9.17, 15) is 14.4 Å². The van der Waals surface area contributed by atoms with Gasteiger partial charge in [-0.2, -0.15) is 5.01 Å². The zero-order valence-electron chi connectivity index (χ0n) is 18.2. The molecule has 0 saturated carbocycles. The Bertz CT molecular complexity index is 1130. The van der Waals surface area contributed by atoms with Crippen molar-refractivity contribution in [2.24, 2.45) is 0 Å². The number of hydrazine groups is 1. The number of nitrogens with zero attached hydrogens (tertiary/aromatic N) is 2. The average Bonchev–Trinajstić information content (AvgIpc) is 3.11. The first-order valence-corrected chi connectivity index (χ1v) is 12.8. The van der Waals surface area contributed by atoms with Crippen molar-refractivity contribution in [3.05, 3.63) is 69.0 Å². The Hall–Kier alpha value is -2.69. The van der Waals surface area contributed by atoms with E-state index >= 15 is 0 Å². The number of thiocarbonyl (C=S) groups is 1. The Labute approximate surface area is 215 Å². The van der Waals surface area contributed by atoms with Crippen LogP contribution in [0.4, 0.5) is 0 Å². The van der Waals surface area contributed by atoms with Gasteiger partial charge in [0.1, 0.15) is 5.75 Å². The summed E-state index contributed by atoms with van der Waals surface area (Å²) in [6.45, 7) is 1.60. The summed E-state index contributed by atoms with van der Waals surface area (Å²) in [4.78, 5) is 39.8. The van der Waals surface area contributed by atoms with Gasteiger partial charge in [0, 0.05) is 23.1 Å². The molecule has 2 fully saturated rings. The molecule has 0 spiro atoms. The van der Waals surface area contributed by atoms with Crippen molar-refractivity contribution in [2.45, 2.75) is 19.3 Å². The van der Waals surface area contributed by atoms with E-state index in [-0.39, 0.29) is 16.8 Å². The Morgan fingerprint density at radius 1 is 1.06 bits per heavy atom. The fourth-order valence-electron chi connectivity index (χ4n) is 3.52. The molecule has 176 valence electrons. The Morgan fingerprint density at radius 3 is 2.41 bits per heavy atom. The van der Waals surface area contributed by atoms with E-state index in [2.05, 4.69) is 21.4 Å². The largest absolute Gasteiger partial charge is 0.484 e. The summed E-state index contributed by atoms with van der Waals surface area (Å²) in [5.41, 5.74) is 3.75. The summed E-state index contributed by atoms with van der Waals surface area (Å²) in [6.07, 6.45) is 4.96. The molecule has 2 aliphatic heterocycles. The number of halogens is 1. The van der Waals surface area contributed by atoms with Crippen molar-refractivity contribution in [1.29, 1.82) is 0 Å². The Kier molecular flexibility index (Phi) is 8.02. The summed E-state index contributed by atoms with van der Waals surface area (Å²) >= 11 is 9.72. The highest BCUT2D eigenvalue weighted by Crippen LogP contribution is 2.31. The number of rotatable bonds is 6. The molecular weight excluding hydrogens is 538 g/mol. The number of nitrogens with one attached hydrogen (secondary N) is 1. The van der Waals surface area contributed by atoms with E-state index < -0.39 is 11.8 Å². The van der Waals surface area contributed by atoms with Crippen LogP contribution in [0, 0.1) is 0 Å². The van der Waals surface area contributed by atoms with E-state index in [1.165, 1.54) is 6.42 Å². The summed E-state index contributed by atoms with van der Waals surface area (Å²) in [5.74, 6) is -0.243. The van der Waals surface area contributed by atoms with E-state index in [1.54, 1.807) is 54.6 Å². The summed E-state index contributed by atoms with van der Waals surface area (Å²) in [5, 5.41) is 1.08. The molecular formula is C24H22BrN3O4S2. The van der Waals surface area contributed by atoms with Crippen LogP contribution in [0.3, 0.4) is 0 Å². The van der Waals surface area contributed by atoms with E-state index in [4.69, 9.17) is 17.0 Å². The van der Waals surface area contributed by atoms with Crippen molar-refractivity contribution in [3.63, 3.8) is 0 Å². The molecule has 0 radical (unpaired) electrons. The van der Waals surface area contributed by atoms with Crippen molar-refractivity contribution >= 4 is 68.0 Å². The number of thioether (sulfide) groups is 1. The van der Waals surface area contributed by atoms with Crippen molar-refractivity contribution in [2.75, 3.05) is 19.7 Å². The highest BCUT2D eigenvalue weighted by atomic mass is 79.9. The number of hydrogen-bond acceptors (Lipinski definition) is 6. The number of carbonyl (C=O) groups is 3. The van der Waals surface area contributed by atoms with Gasteiger partial charge in [0.15, 0.2) is 10.9 Å². The number of benzene rings is 2. The zero-order chi connectivity index (χ0) is 24.1. The van der Waals surface area contributed by atoms with E-state index in [0.29, 0.717) is 16.2 Å². The SMILES string of the molecule is O=C(NN1C(=O)/C(=C\c2ccc(OCC(=O)N3CCCCC3)cc2)SC1=S)c1ccc(Br)cc1. The van der Waals surface area contributed by atoms with Crippen molar-refractivity contribution in [1.82, 2.24) is 15.3 Å². The third-order valence-corrected chi connectivity index (χ3v) is 7.19. The number of piperidine rings is 1. The van der Waals surface area contributed by atoms with Crippen molar-refractivity contribution < 1.29 is 19.1 Å². The minimum Gasteiger partial charge on any atom is -0.484 e. The van der Waals surface area contributed by atoms with Crippen LogP contribution in [-0.2, 0) is 9.59 Å². The quantitative estimate of drug-likeness (QED) is 0.417. The molecule has 2 aliphatic rings. The van der Waals surface area contributed by atoms with Crippen LogP contribution in [-0.4, -0.2) is 51.6 Å². The lowest BCUT2D eigenvalue weighted by atomic mass is 10.1. The molecule has 2 saturated heterocycles. The second kappa shape index (κ2) is 11.2. The molecule has 3 amide bonds. The molecule has 2 heterocycles. The lowest BCUT2D eigenvalue weighted by Gasteiger charge is -2.26. The maximum atomic E-state index is 12.8. The fraction of sp³-hybridized carbons (Fsp3) is 0.250. The predicted molar refractivity (Wildman–Crippen MR) is 139 cm³/mol. The number of likely N-dealkylation sites (tertiary alicyclic amines) is 1. The number of amides is 3. The van der Waals surface area contributed by atoms with Gasteiger partial charge in [0.05, 0.1) is 4.91 Å². The standard InChI is InChI=1S/C24H22BrN3O4S2/c25-18-8-6-17(7-9-18)22(30)26-28-23(31)20(34-24(28)33)14-16-4-10-19(11-5-16)32-15-21(29)27-12-2-1-3-13-27/h4-11,14H,1-3,12-13,15H2,(H,26,30)/b20-14+. The van der Waals surface area contributed by atoms with Crippen LogP contribution < -0.4 is 10.2 Å². The topological polar surface area (TPSA) is 79.0 Å². The van der Waals surface area contributed by atoms with Gasteiger partial charge in [-0.25, -0.2) is 0 Å². The number of carbonyl (C=O) groups excluding carboxylic acids is 3. The van der Waals surface area contributed by atoms with Gasteiger partial charge in [-0.05, 0) is 79.5 Å². The third-order valence-electron chi connectivity index (χ3n) is 5.36. The maximum Gasteiger partial charge on any atom is 0.285 e. The minimum atomic E-state index is -0.425. The highest BCUT2D eigenvalue weighted by Gasteiger charge is 2.33. The third kappa shape index (κ3) is 6.05. The molecule has 2 aromatic rings. The highest BCUT2D eigenvalue weighted by molar-refractivity contribution is 9.10. The first-order valence-electron chi connectivity index (χ1n) is 10.8. The molecule has 2 aromatic carbocycles. The first-order chi connectivity index (χ1) is 16.4. The Balaban J connectivity index is 1.34. The molecule has 7 nitrogen and oxygen atoms in total. The molecule has 10 heteroatoms. The normalized spacial score (nSPS) is 17.3. The first kappa shape index (κ1) is 24.4. The summed E-state index contributed by atoms with van der Waals surface area (Å²) in [7, 11) is 0. The second-order valence-electron chi connectivity index (χ2n) is 7.76. The van der Waals surface area contributed by atoms with Gasteiger partial charge in [-0.15, -0.1) is 0 Å². The predicted octanol–water partition coefficient (Wildman–Crippen LogP) is 4.39. The van der Waals surface area contributed by atoms with Crippen LogP contribution >= 0.6 is 39.9 Å². The zero-order valence-corrected chi connectivity index (χ0v) is 21.4. The lowest BCUT2D eigenvalue weighted by Crippen LogP contribution is -2.44. The molecule has 0 aromatic heterocycles. The van der Waals surface area contributed by atoms with Gasteiger partial charge < -0.3 is 9.64 Å². The second-order valence-corrected chi connectivity index (χ2v) is 10.4. The van der Waals surface area contributed by atoms with E-state index in [0.717, 1.165) is 52.7 Å². The fourth-order valence-corrected chi connectivity index (χ4v) is 4.97. The van der Waals surface area contributed by atoms with Gasteiger partial charge >= 0.3 is 0 Å². The molecule has 4 rings (SSSR count). The Morgan fingerprint density at radius 2 is 1.74 bits per heavy atom. The summed E-state index contributed by atoms with van der Waals surface area (Å²) in [6, 6.07) is 13.9. The van der Waals surface area contributed by atoms with Gasteiger partial charge in [-0.1, -0.05) is 39.8 Å². The van der Waals surface area contributed by atoms with E-state index in [1.807, 2.05) is 4.90 Å². The average molecular weight is 560 g/mol. The number of ether oxygens (including phenoxy) is 1. The van der Waals surface area contributed by atoms with Crippen LogP contribution in [0.15, 0.2) is 57.9 Å². The maximum absolute atomic E-state index is 12.8. The van der Waals surface area contributed by atoms with Gasteiger partial charge in [0.2, 0.25) is 0 Å². The van der Waals surface area contributed by atoms with Gasteiger partial charge in [0.25, 0.3) is 17.7 Å². The molecule has 0 aliphatic carbocycles. The van der Waals surface area contributed by atoms with Gasteiger partial charge in [-0.3, -0.25) is 19.8 Å². The lowest BCUT2D eigenvalue weighted by molar-refractivity contribution is -0.134. The molecule has 0 atom stereocenters. The van der Waals surface area contributed by atoms with Crippen LogP contribution in [0.2, 0.25) is 0 Å². The van der Waals surface area contributed by atoms with Crippen molar-refractivity contribution in [3.8, 4) is 5.75 Å². The number of hydrogen-bond donors (Lipinski definition) is 1. The minimum absolute atomic E-state index is 0.00219.